The van der Waals surface area contributed by atoms with E-state index in [0.717, 1.165) is 12.4 Å². The van der Waals surface area contributed by atoms with Crippen molar-refractivity contribution in [2.24, 2.45) is 5.73 Å². The Morgan fingerprint density at radius 2 is 2.00 bits per heavy atom. The molecule has 13 heteroatoms. The number of fused-ring (bicyclic) bond motifs is 2. The molecule has 2 aliphatic heterocycles. The van der Waals surface area contributed by atoms with Gasteiger partial charge in [0, 0.05) is 32.2 Å². The number of aromatic nitrogens is 3. The molecule has 11 nitrogen and oxygen atoms in total. The molecular formula is C25H32FN5O6S. The lowest BCUT2D eigenvalue weighted by atomic mass is 10.1. The summed E-state index contributed by atoms with van der Waals surface area (Å²) >= 11 is 1.80. The zero-order chi connectivity index (χ0) is 27.2. The third-order valence-corrected chi connectivity index (χ3v) is 6.90. The Morgan fingerprint density at radius 3 is 2.66 bits per heavy atom. The smallest absolute Gasteiger partial charge is 0.250 e. The number of carbonyl (C=O) groups excluding carboxylic acids is 1. The quantitative estimate of drug-likeness (QED) is 0.384. The number of methoxy groups -OCH3 is 2. The number of anilines is 2. The molecule has 206 valence electrons. The molecule has 5 rings (SSSR count). The van der Waals surface area contributed by atoms with Crippen LogP contribution in [-0.2, 0) is 18.9 Å². The first-order valence-corrected chi connectivity index (χ1v) is 13.4. The van der Waals surface area contributed by atoms with Crippen LogP contribution in [0.1, 0.15) is 15.9 Å². The van der Waals surface area contributed by atoms with Crippen molar-refractivity contribution >= 4 is 34.7 Å². The summed E-state index contributed by atoms with van der Waals surface area (Å²) in [6.07, 6.45) is 3.82. The van der Waals surface area contributed by atoms with Crippen LogP contribution in [0, 0.1) is 12.7 Å². The second kappa shape index (κ2) is 12.7. The van der Waals surface area contributed by atoms with Crippen LogP contribution in [0.15, 0.2) is 30.7 Å². The second-order valence-corrected chi connectivity index (χ2v) is 9.70. The average Bonchev–Trinajstić information content (AvgIpc) is 3.59. The molecule has 0 spiro atoms. The van der Waals surface area contributed by atoms with Crippen LogP contribution in [-0.4, -0.2) is 91.0 Å². The van der Waals surface area contributed by atoms with E-state index >= 15 is 0 Å². The number of thioether (sulfide) groups is 1. The molecule has 1 aromatic carbocycles. The van der Waals surface area contributed by atoms with E-state index in [0.29, 0.717) is 41.4 Å². The summed E-state index contributed by atoms with van der Waals surface area (Å²) in [6, 6.07) is 4.16. The SMILES string of the molecule is COC1CO[C@@H]2C(Oc3cc(F)ccc3Nc3ncnn4cc(C(N)=O)c(C)c34)CO[C@H]12.COCCSC. The van der Waals surface area contributed by atoms with Crippen LogP contribution in [0.4, 0.5) is 15.9 Å². The second-order valence-electron chi connectivity index (χ2n) is 8.71. The van der Waals surface area contributed by atoms with Crippen molar-refractivity contribution in [1.29, 1.82) is 0 Å². The van der Waals surface area contributed by atoms with Crippen molar-refractivity contribution in [3.05, 3.63) is 47.7 Å². The third kappa shape index (κ3) is 6.02. The fourth-order valence-electron chi connectivity index (χ4n) is 4.39. The van der Waals surface area contributed by atoms with Crippen LogP contribution in [0.2, 0.25) is 0 Å². The van der Waals surface area contributed by atoms with Crippen LogP contribution >= 0.6 is 11.8 Å². The minimum absolute atomic E-state index is 0.162. The van der Waals surface area contributed by atoms with Gasteiger partial charge in [0.15, 0.2) is 11.9 Å². The molecule has 4 heterocycles. The van der Waals surface area contributed by atoms with Gasteiger partial charge in [0.05, 0.1) is 31.1 Å². The number of amides is 1. The molecule has 0 radical (unpaired) electrons. The Kier molecular flexibility index (Phi) is 9.39. The summed E-state index contributed by atoms with van der Waals surface area (Å²) in [4.78, 5) is 16.0. The van der Waals surface area contributed by atoms with Crippen LogP contribution in [0.3, 0.4) is 0 Å². The summed E-state index contributed by atoms with van der Waals surface area (Å²) in [5, 5.41) is 7.31. The maximum Gasteiger partial charge on any atom is 0.250 e. The largest absolute Gasteiger partial charge is 0.483 e. The number of halogens is 1. The van der Waals surface area contributed by atoms with Crippen LogP contribution in [0.25, 0.3) is 5.52 Å². The van der Waals surface area contributed by atoms with Gasteiger partial charge >= 0.3 is 0 Å². The van der Waals surface area contributed by atoms with Crippen molar-refractivity contribution in [2.45, 2.75) is 31.3 Å². The Bertz CT molecular complexity index is 1260. The van der Waals surface area contributed by atoms with Crippen molar-refractivity contribution in [2.75, 3.05) is 51.4 Å². The number of hydrogen-bond donors (Lipinski definition) is 2. The number of aryl methyl sites for hydroxylation is 1. The van der Waals surface area contributed by atoms with Crippen LogP contribution in [0.5, 0.6) is 5.75 Å². The first kappa shape index (κ1) is 28.0. The maximum atomic E-state index is 14.1. The maximum absolute atomic E-state index is 14.1. The number of ether oxygens (including phenoxy) is 5. The van der Waals surface area contributed by atoms with Crippen molar-refractivity contribution in [1.82, 2.24) is 14.6 Å². The van der Waals surface area contributed by atoms with Crippen molar-refractivity contribution in [3.63, 3.8) is 0 Å². The number of nitrogens with one attached hydrogen (secondary N) is 1. The minimum atomic E-state index is -0.563. The number of carbonyl (C=O) groups is 1. The number of nitrogens with zero attached hydrogens (tertiary/aromatic N) is 3. The first-order valence-electron chi connectivity index (χ1n) is 12.0. The topological polar surface area (TPSA) is 131 Å². The van der Waals surface area contributed by atoms with E-state index in [1.165, 1.54) is 23.0 Å². The summed E-state index contributed by atoms with van der Waals surface area (Å²) in [5.74, 6) is 0.784. The first-order chi connectivity index (χ1) is 18.4. The van der Waals surface area contributed by atoms with Gasteiger partial charge in [0.2, 0.25) is 0 Å². The van der Waals surface area contributed by atoms with Gasteiger partial charge in [-0.1, -0.05) is 0 Å². The molecule has 2 fully saturated rings. The van der Waals surface area contributed by atoms with E-state index in [-0.39, 0.29) is 24.1 Å². The van der Waals surface area contributed by atoms with E-state index < -0.39 is 17.8 Å². The lowest BCUT2D eigenvalue weighted by molar-refractivity contribution is -0.0138. The number of rotatable bonds is 9. The van der Waals surface area contributed by atoms with E-state index in [4.69, 9.17) is 29.4 Å². The van der Waals surface area contributed by atoms with E-state index in [1.54, 1.807) is 45.2 Å². The highest BCUT2D eigenvalue weighted by Gasteiger charge is 2.49. The Hall–Kier alpha value is -2.97. The van der Waals surface area contributed by atoms with Gasteiger partial charge in [-0.3, -0.25) is 4.79 Å². The molecule has 2 unspecified atom stereocenters. The highest BCUT2D eigenvalue weighted by Crippen LogP contribution is 2.36. The number of nitrogens with two attached hydrogens (primary N) is 1. The van der Waals surface area contributed by atoms with Gasteiger partial charge in [-0.05, 0) is 30.9 Å². The van der Waals surface area contributed by atoms with Gasteiger partial charge in [-0.25, -0.2) is 13.9 Å². The molecular weight excluding hydrogens is 517 g/mol. The highest BCUT2D eigenvalue weighted by atomic mass is 32.2. The van der Waals surface area contributed by atoms with Gasteiger partial charge in [-0.2, -0.15) is 16.9 Å². The number of hydrogen-bond acceptors (Lipinski definition) is 10. The predicted octanol–water partition coefficient (Wildman–Crippen LogP) is 2.58. The fraction of sp³-hybridized carbons (Fsp3) is 0.480. The lowest BCUT2D eigenvalue weighted by Gasteiger charge is -2.20. The Labute approximate surface area is 224 Å². The average molecular weight is 550 g/mol. The molecule has 2 saturated heterocycles. The molecule has 0 saturated carbocycles. The monoisotopic (exact) mass is 549 g/mol. The molecule has 2 aliphatic rings. The highest BCUT2D eigenvalue weighted by molar-refractivity contribution is 7.98. The minimum Gasteiger partial charge on any atom is -0.483 e. The number of primary amides is 1. The zero-order valence-electron chi connectivity index (χ0n) is 21.7. The summed E-state index contributed by atoms with van der Waals surface area (Å²) in [6.45, 7) is 3.34. The van der Waals surface area contributed by atoms with Crippen molar-refractivity contribution < 1.29 is 32.9 Å². The Morgan fingerprint density at radius 1 is 1.26 bits per heavy atom. The zero-order valence-corrected chi connectivity index (χ0v) is 22.5. The normalized spacial score (nSPS) is 22.1. The van der Waals surface area contributed by atoms with Gasteiger partial charge in [-0.15, -0.1) is 0 Å². The summed E-state index contributed by atoms with van der Waals surface area (Å²) < 4.78 is 43.5. The third-order valence-electron chi connectivity index (χ3n) is 6.32. The van der Waals surface area contributed by atoms with E-state index in [1.807, 2.05) is 0 Å². The van der Waals surface area contributed by atoms with Gasteiger partial charge < -0.3 is 34.7 Å². The van der Waals surface area contributed by atoms with Crippen molar-refractivity contribution in [3.8, 4) is 5.75 Å². The standard InChI is InChI=1S/C21H22FN5O5.C4H10OS/c1-10-12(20(23)28)6-27-17(10)21(24-9-25-27)26-13-4-3-11(22)5-14(13)32-16-8-31-18-15(29-2)7-30-19(16)18;1-5-3-4-6-2/h3-6,9,15-16,18-19H,7-8H2,1-2H3,(H2,23,28)(H,24,25,26);3-4H2,1-2H3/t15?,16?,18-,19-;/m1./s1. The van der Waals surface area contributed by atoms with Gasteiger partial charge in [0.25, 0.3) is 5.91 Å². The number of benzene rings is 1. The molecule has 3 aromatic rings. The molecule has 0 bridgehead atoms. The molecule has 2 aromatic heterocycles. The summed E-state index contributed by atoms with van der Waals surface area (Å²) in [7, 11) is 3.33. The predicted molar refractivity (Wildman–Crippen MR) is 141 cm³/mol. The molecule has 0 aliphatic carbocycles. The molecule has 4 atom stereocenters. The Balaban J connectivity index is 0.000000505. The van der Waals surface area contributed by atoms with E-state index in [2.05, 4.69) is 21.7 Å². The van der Waals surface area contributed by atoms with E-state index in [9.17, 15) is 9.18 Å². The van der Waals surface area contributed by atoms with Gasteiger partial charge in [0.1, 0.15) is 41.7 Å². The molecule has 1 amide bonds. The van der Waals surface area contributed by atoms with Crippen LogP contribution < -0.4 is 15.8 Å². The lowest BCUT2D eigenvalue weighted by Crippen LogP contribution is -2.35. The fourth-order valence-corrected chi connectivity index (χ4v) is 4.72. The summed E-state index contributed by atoms with van der Waals surface area (Å²) in [5.41, 5.74) is 7.48. The molecule has 38 heavy (non-hydrogen) atoms. The molecule has 3 N–H and O–H groups in total.